The summed E-state index contributed by atoms with van der Waals surface area (Å²) in [6, 6.07) is 2.46. The topological polar surface area (TPSA) is 0 Å². The molecule has 0 unspecified atom stereocenters. The molecule has 0 radical (unpaired) electrons. The molecule has 6 heteroatoms. The van der Waals surface area contributed by atoms with E-state index < -0.39 is 17.6 Å². The Kier molecular flexibility index (Phi) is 4.95. The standard InChI is InChI=1S/C7H3F4.HI.Mg/c8-6-3-1-2-5(4-6)7(9,10)11;;/h2-4H;1H;/q;;+1/p-1. The van der Waals surface area contributed by atoms with Gasteiger partial charge in [0.05, 0.1) is 0 Å². The van der Waals surface area contributed by atoms with Crippen molar-refractivity contribution in [3.8, 4) is 0 Å². The van der Waals surface area contributed by atoms with Gasteiger partial charge in [0.1, 0.15) is 0 Å². The summed E-state index contributed by atoms with van der Waals surface area (Å²) in [5.74, 6) is -0.852. The number of hydrogen-bond acceptors (Lipinski definition) is 0. The van der Waals surface area contributed by atoms with E-state index in [0.29, 0.717) is 9.76 Å². The maximum atomic E-state index is 12.5. The Morgan fingerprint density at radius 1 is 1.08 bits per heavy atom. The van der Waals surface area contributed by atoms with Gasteiger partial charge in [0, 0.05) is 0 Å². The summed E-state index contributed by atoms with van der Waals surface area (Å²) >= 11 is 1.21. The number of benzene rings is 1. The summed E-state index contributed by atoms with van der Waals surface area (Å²) in [4.78, 5) is 0. The van der Waals surface area contributed by atoms with Crippen LogP contribution in [0.15, 0.2) is 18.2 Å². The molecule has 0 aliphatic rings. The van der Waals surface area contributed by atoms with E-state index in [-0.39, 0.29) is 24.0 Å². The predicted molar refractivity (Wildman–Crippen MR) is 36.8 cm³/mol. The normalized spacial score (nSPS) is 10.9. The summed E-state index contributed by atoms with van der Waals surface area (Å²) in [6.45, 7) is 0. The first-order chi connectivity index (χ1) is 5.39. The van der Waals surface area contributed by atoms with E-state index in [1.807, 2.05) is 0 Å². The zero-order valence-corrected chi connectivity index (χ0v) is 9.90. The van der Waals surface area contributed by atoms with Gasteiger partial charge in [0.2, 0.25) is 0 Å². The molecular formula is C7H3F4IMg. The Hall–Kier alpha value is 0.436. The summed E-state index contributed by atoms with van der Waals surface area (Å²) in [5.41, 5.74) is -0.937. The molecule has 13 heavy (non-hydrogen) atoms. The third-order valence-electron chi connectivity index (χ3n) is 1.28. The van der Waals surface area contributed by atoms with Crippen LogP contribution in [0.4, 0.5) is 17.6 Å². The molecule has 0 N–H and O–H groups in total. The first-order valence-electron chi connectivity index (χ1n) is 3.09. The van der Waals surface area contributed by atoms with E-state index in [2.05, 4.69) is 0 Å². The molecule has 0 fully saturated rings. The molecule has 1 rings (SSSR count). The van der Waals surface area contributed by atoms with Crippen molar-refractivity contribution in [3.63, 3.8) is 0 Å². The largest absolute Gasteiger partial charge is 1.00 e. The van der Waals surface area contributed by atoms with Crippen LogP contribution in [0.25, 0.3) is 0 Å². The molecule has 0 saturated heterocycles. The summed E-state index contributed by atoms with van der Waals surface area (Å²) < 4.78 is 48.7. The maximum Gasteiger partial charge on any atom is -1.00 e. The van der Waals surface area contributed by atoms with E-state index in [0.717, 1.165) is 12.1 Å². The van der Waals surface area contributed by atoms with Crippen LogP contribution in [0.2, 0.25) is 0 Å². The van der Waals surface area contributed by atoms with Gasteiger partial charge < -0.3 is 24.0 Å². The van der Waals surface area contributed by atoms with Crippen LogP contribution in [0.5, 0.6) is 0 Å². The molecule has 0 bridgehead atoms. The van der Waals surface area contributed by atoms with Crippen LogP contribution in [-0.4, -0.2) is 21.7 Å². The molecule has 0 amide bonds. The minimum Gasteiger partial charge on any atom is -1.00 e. The molecule has 1 aromatic rings. The van der Waals surface area contributed by atoms with Crippen LogP contribution in [-0.2, 0) is 6.18 Å². The number of hydrogen-bond donors (Lipinski definition) is 0. The van der Waals surface area contributed by atoms with Gasteiger partial charge in [-0.15, -0.1) is 0 Å². The molecule has 0 aliphatic carbocycles. The molecule has 0 saturated carbocycles. The minimum absolute atomic E-state index is 0. The molecule has 68 valence electrons. The fourth-order valence-electron chi connectivity index (χ4n) is 0.814. The van der Waals surface area contributed by atoms with Crippen LogP contribution in [0.1, 0.15) is 5.56 Å². The van der Waals surface area contributed by atoms with E-state index in [1.165, 1.54) is 21.7 Å². The molecule has 0 heterocycles. The Labute approximate surface area is 102 Å². The molecule has 0 aliphatic heterocycles. The summed E-state index contributed by atoms with van der Waals surface area (Å²) in [6.07, 6.45) is -4.46. The van der Waals surface area contributed by atoms with Crippen molar-refractivity contribution in [1.82, 2.24) is 0 Å². The molecule has 0 atom stereocenters. The van der Waals surface area contributed by atoms with E-state index in [1.54, 1.807) is 0 Å². The van der Waals surface area contributed by atoms with Crippen LogP contribution in [0.3, 0.4) is 0 Å². The van der Waals surface area contributed by atoms with Gasteiger partial charge in [-0.25, -0.2) is 0 Å². The van der Waals surface area contributed by atoms with Crippen molar-refractivity contribution in [1.29, 1.82) is 0 Å². The van der Waals surface area contributed by atoms with Gasteiger partial charge in [0.15, 0.2) is 0 Å². The van der Waals surface area contributed by atoms with Crippen LogP contribution < -0.4 is 27.7 Å². The monoisotopic (exact) mass is 314 g/mol. The molecule has 0 nitrogen and oxygen atoms in total. The van der Waals surface area contributed by atoms with Crippen molar-refractivity contribution in [2.24, 2.45) is 0 Å². The fourth-order valence-corrected chi connectivity index (χ4v) is 1.23. The van der Waals surface area contributed by atoms with Crippen molar-refractivity contribution < 1.29 is 41.5 Å². The first-order valence-corrected chi connectivity index (χ1v) is 3.80. The van der Waals surface area contributed by atoms with Gasteiger partial charge in [0.25, 0.3) is 0 Å². The SMILES string of the molecule is Fc1c[c]([Mg+])cc(C(F)(F)F)c1.[I-]. The second-order valence-corrected chi connectivity index (χ2v) is 3.16. The van der Waals surface area contributed by atoms with Gasteiger partial charge in [-0.05, 0) is 0 Å². The minimum atomic E-state index is -4.46. The number of alkyl halides is 3. The Morgan fingerprint density at radius 2 is 1.62 bits per heavy atom. The first kappa shape index (κ1) is 13.4. The fraction of sp³-hybridized carbons (Fsp3) is 0.143. The van der Waals surface area contributed by atoms with Crippen LogP contribution >= 0.6 is 0 Å². The van der Waals surface area contributed by atoms with Crippen molar-refractivity contribution >= 4 is 25.4 Å². The van der Waals surface area contributed by atoms with Gasteiger partial charge in [-0.1, -0.05) is 0 Å². The average molecular weight is 314 g/mol. The Bertz CT molecular complexity index is 277. The number of rotatable bonds is 0. The zero-order valence-electron chi connectivity index (χ0n) is 6.33. The van der Waals surface area contributed by atoms with Crippen molar-refractivity contribution in [2.45, 2.75) is 6.18 Å². The summed E-state index contributed by atoms with van der Waals surface area (Å²) in [5, 5.41) is 0. The molecule has 0 spiro atoms. The third-order valence-corrected chi connectivity index (χ3v) is 1.69. The van der Waals surface area contributed by atoms with E-state index in [4.69, 9.17) is 0 Å². The number of halogens is 5. The third kappa shape index (κ3) is 3.99. The molecule has 0 aromatic heterocycles. The molecular weight excluding hydrogens is 311 g/mol. The van der Waals surface area contributed by atoms with Gasteiger partial charge in [-0.2, -0.15) is 0 Å². The van der Waals surface area contributed by atoms with Gasteiger partial charge in [-0.3, -0.25) is 0 Å². The Morgan fingerprint density at radius 3 is 2.00 bits per heavy atom. The van der Waals surface area contributed by atoms with Crippen molar-refractivity contribution in [3.05, 3.63) is 29.6 Å². The van der Waals surface area contributed by atoms with Crippen molar-refractivity contribution in [2.75, 3.05) is 0 Å². The Balaban J connectivity index is 0.00000144. The van der Waals surface area contributed by atoms with E-state index in [9.17, 15) is 17.6 Å². The maximum absolute atomic E-state index is 12.5. The van der Waals surface area contributed by atoms with Crippen LogP contribution in [0, 0.1) is 5.82 Å². The molecule has 1 aromatic carbocycles. The summed E-state index contributed by atoms with van der Waals surface area (Å²) in [7, 11) is 0. The second kappa shape index (κ2) is 4.79. The zero-order chi connectivity index (χ0) is 9.35. The van der Waals surface area contributed by atoms with Gasteiger partial charge >= 0.3 is 78.7 Å². The van der Waals surface area contributed by atoms with E-state index >= 15 is 0 Å². The quantitative estimate of drug-likeness (QED) is 0.315. The second-order valence-electron chi connectivity index (χ2n) is 2.35. The smallest absolute Gasteiger partial charge is 1.00 e. The average Bonchev–Trinajstić information content (AvgIpc) is 1.82. The predicted octanol–water partition coefficient (Wildman–Crippen LogP) is -1.36.